The predicted molar refractivity (Wildman–Crippen MR) is 141 cm³/mol. The molecule has 1 fully saturated rings. The Morgan fingerprint density at radius 1 is 1.27 bits per heavy atom. The Kier molecular flexibility index (Phi) is 9.09. The van der Waals surface area contributed by atoms with Gasteiger partial charge in [0.1, 0.15) is 16.8 Å². The van der Waals surface area contributed by atoms with Crippen LogP contribution in [0.15, 0.2) is 24.4 Å². The van der Waals surface area contributed by atoms with Gasteiger partial charge in [-0.2, -0.15) is 10.1 Å². The van der Waals surface area contributed by atoms with Crippen molar-refractivity contribution in [3.8, 4) is 5.75 Å². The van der Waals surface area contributed by atoms with E-state index in [-0.39, 0.29) is 24.6 Å². The Morgan fingerprint density at radius 3 is 2.84 bits per heavy atom. The topological polar surface area (TPSA) is 147 Å². The Labute approximate surface area is 216 Å². The zero-order chi connectivity index (χ0) is 26.2. The van der Waals surface area contributed by atoms with Gasteiger partial charge in [0.2, 0.25) is 5.95 Å². The first-order valence-electron chi connectivity index (χ1n) is 12.6. The number of piperazine rings is 1. The van der Waals surface area contributed by atoms with Gasteiger partial charge in [0, 0.05) is 43.9 Å². The molecule has 1 aliphatic heterocycles. The summed E-state index contributed by atoms with van der Waals surface area (Å²) in [5, 5.41) is 27.1. The van der Waals surface area contributed by atoms with Gasteiger partial charge in [-0.3, -0.25) is 10.00 Å². The number of aromatic nitrogens is 4. The predicted octanol–water partition coefficient (Wildman–Crippen LogP) is 2.26. The van der Waals surface area contributed by atoms with Crippen molar-refractivity contribution >= 4 is 28.9 Å². The van der Waals surface area contributed by atoms with Crippen molar-refractivity contribution in [2.45, 2.75) is 44.8 Å². The molecule has 1 amide bonds. The standard InChI is InChI=1S/C25H36N8O4/c1-4-5-18(8-11-34)29-23-22-20(30-24(31-23)32-25(35)37-3)14-28-33(22)15-17-7-6-16(12-21(17)36-2)19-13-26-9-10-27-19/h6-7,12,14,18-19,26-27,34H,4-5,8-11,13,15H2,1-3H3,(H2,29,30,31,32,35). The molecule has 3 heterocycles. The van der Waals surface area contributed by atoms with Crippen LogP contribution in [-0.4, -0.2) is 77.5 Å². The molecule has 0 bridgehead atoms. The van der Waals surface area contributed by atoms with Gasteiger partial charge in [0.15, 0.2) is 5.82 Å². The number of benzene rings is 1. The fraction of sp³-hybridized carbons (Fsp3) is 0.520. The van der Waals surface area contributed by atoms with Gasteiger partial charge in [0.25, 0.3) is 0 Å². The average molecular weight is 513 g/mol. The molecule has 5 N–H and O–H groups in total. The lowest BCUT2D eigenvalue weighted by Gasteiger charge is -2.25. The number of fused-ring (bicyclic) bond motifs is 1. The Balaban J connectivity index is 1.69. The first-order valence-corrected chi connectivity index (χ1v) is 12.6. The van der Waals surface area contributed by atoms with E-state index in [1.807, 2.05) is 4.68 Å². The average Bonchev–Trinajstić information content (AvgIpc) is 3.32. The second-order valence-corrected chi connectivity index (χ2v) is 8.97. The van der Waals surface area contributed by atoms with Crippen LogP contribution in [0.3, 0.4) is 0 Å². The molecule has 1 aromatic carbocycles. The van der Waals surface area contributed by atoms with Crippen molar-refractivity contribution in [2.75, 3.05) is 51.1 Å². The van der Waals surface area contributed by atoms with Gasteiger partial charge in [-0.1, -0.05) is 25.5 Å². The number of hydrogen-bond acceptors (Lipinski definition) is 10. The molecule has 1 aliphatic rings. The van der Waals surface area contributed by atoms with Crippen LogP contribution in [0.2, 0.25) is 0 Å². The summed E-state index contributed by atoms with van der Waals surface area (Å²) in [6.45, 7) is 5.33. The first kappa shape index (κ1) is 26.6. The van der Waals surface area contributed by atoms with E-state index in [1.165, 1.54) is 7.11 Å². The highest BCUT2D eigenvalue weighted by atomic mass is 16.5. The zero-order valence-electron chi connectivity index (χ0n) is 21.6. The number of methoxy groups -OCH3 is 2. The lowest BCUT2D eigenvalue weighted by atomic mass is 10.0. The number of carbonyl (C=O) groups is 1. The Morgan fingerprint density at radius 2 is 2.14 bits per heavy atom. The van der Waals surface area contributed by atoms with E-state index in [2.05, 4.69) is 61.5 Å². The Bertz CT molecular complexity index is 1190. The van der Waals surface area contributed by atoms with E-state index >= 15 is 0 Å². The third-order valence-corrected chi connectivity index (χ3v) is 6.42. The number of hydrogen-bond donors (Lipinski definition) is 5. The molecular weight excluding hydrogens is 476 g/mol. The molecule has 4 rings (SSSR count). The monoisotopic (exact) mass is 512 g/mol. The van der Waals surface area contributed by atoms with Crippen molar-refractivity contribution in [2.24, 2.45) is 0 Å². The van der Waals surface area contributed by atoms with Crippen molar-refractivity contribution in [1.29, 1.82) is 0 Å². The molecule has 1 saturated heterocycles. The number of amides is 1. The highest BCUT2D eigenvalue weighted by Crippen LogP contribution is 2.29. The van der Waals surface area contributed by atoms with E-state index in [4.69, 9.17) is 9.47 Å². The van der Waals surface area contributed by atoms with Crippen molar-refractivity contribution in [3.63, 3.8) is 0 Å². The summed E-state index contributed by atoms with van der Waals surface area (Å²) in [6, 6.07) is 6.46. The summed E-state index contributed by atoms with van der Waals surface area (Å²) < 4.78 is 12.3. The largest absolute Gasteiger partial charge is 0.496 e. The van der Waals surface area contributed by atoms with Crippen LogP contribution in [-0.2, 0) is 11.3 Å². The first-order chi connectivity index (χ1) is 18.1. The summed E-state index contributed by atoms with van der Waals surface area (Å²) in [5.41, 5.74) is 3.38. The summed E-state index contributed by atoms with van der Waals surface area (Å²) in [7, 11) is 2.95. The van der Waals surface area contributed by atoms with Crippen molar-refractivity contribution in [1.82, 2.24) is 30.4 Å². The molecule has 0 radical (unpaired) electrons. The van der Waals surface area contributed by atoms with Gasteiger partial charge in [-0.05, 0) is 24.5 Å². The number of rotatable bonds is 11. The molecule has 2 aromatic heterocycles. The maximum Gasteiger partial charge on any atom is 0.413 e. The minimum absolute atomic E-state index is 0.00662. The number of nitrogens with one attached hydrogen (secondary N) is 4. The van der Waals surface area contributed by atoms with Crippen LogP contribution in [0.4, 0.5) is 16.6 Å². The summed E-state index contributed by atoms with van der Waals surface area (Å²) >= 11 is 0. The molecule has 0 aliphatic carbocycles. The molecular formula is C25H36N8O4. The molecule has 12 nitrogen and oxygen atoms in total. The van der Waals surface area contributed by atoms with E-state index in [0.717, 1.165) is 49.4 Å². The summed E-state index contributed by atoms with van der Waals surface area (Å²) in [5.74, 6) is 1.40. The quantitative estimate of drug-likeness (QED) is 0.259. The van der Waals surface area contributed by atoms with Crippen LogP contribution in [0, 0.1) is 0 Å². The van der Waals surface area contributed by atoms with E-state index < -0.39 is 6.09 Å². The van der Waals surface area contributed by atoms with Gasteiger partial charge in [-0.15, -0.1) is 0 Å². The van der Waals surface area contributed by atoms with Gasteiger partial charge < -0.3 is 30.5 Å². The fourth-order valence-electron chi connectivity index (χ4n) is 4.56. The zero-order valence-corrected chi connectivity index (χ0v) is 21.6. The van der Waals surface area contributed by atoms with E-state index in [0.29, 0.717) is 29.8 Å². The van der Waals surface area contributed by atoms with Crippen LogP contribution in [0.5, 0.6) is 5.75 Å². The minimum atomic E-state index is -0.661. The maximum absolute atomic E-state index is 11.8. The second-order valence-electron chi connectivity index (χ2n) is 8.97. The number of aliphatic hydroxyl groups is 1. The number of ether oxygens (including phenoxy) is 2. The molecule has 3 aromatic rings. The van der Waals surface area contributed by atoms with Crippen molar-refractivity contribution < 1.29 is 19.4 Å². The minimum Gasteiger partial charge on any atom is -0.496 e. The molecule has 12 heteroatoms. The van der Waals surface area contributed by atoms with Gasteiger partial charge in [-0.25, -0.2) is 9.78 Å². The maximum atomic E-state index is 11.8. The summed E-state index contributed by atoms with van der Waals surface area (Å²) in [4.78, 5) is 20.8. The third-order valence-electron chi connectivity index (χ3n) is 6.42. The number of nitrogens with zero attached hydrogens (tertiary/aromatic N) is 4. The van der Waals surface area contributed by atoms with E-state index in [9.17, 15) is 9.90 Å². The Hall–Kier alpha value is -3.48. The number of anilines is 2. The molecule has 200 valence electrons. The van der Waals surface area contributed by atoms with Crippen molar-refractivity contribution in [3.05, 3.63) is 35.5 Å². The van der Waals surface area contributed by atoms with Gasteiger partial charge in [0.05, 0.1) is 27.0 Å². The van der Waals surface area contributed by atoms with Crippen LogP contribution >= 0.6 is 0 Å². The normalized spacial score (nSPS) is 16.4. The molecule has 37 heavy (non-hydrogen) atoms. The molecule has 2 atom stereocenters. The third kappa shape index (κ3) is 6.45. The van der Waals surface area contributed by atoms with Crippen LogP contribution < -0.4 is 26.0 Å². The highest BCUT2D eigenvalue weighted by Gasteiger charge is 2.20. The molecule has 2 unspecified atom stereocenters. The highest BCUT2D eigenvalue weighted by molar-refractivity contribution is 5.89. The van der Waals surface area contributed by atoms with E-state index in [1.54, 1.807) is 13.3 Å². The SMILES string of the molecule is CCCC(CCO)Nc1nc(NC(=O)OC)nc2cnn(Cc3ccc(C4CNCCN4)cc3OC)c12. The second kappa shape index (κ2) is 12.7. The summed E-state index contributed by atoms with van der Waals surface area (Å²) in [6.07, 6.45) is 3.33. The van der Waals surface area contributed by atoms with Crippen LogP contribution in [0.25, 0.3) is 11.0 Å². The smallest absolute Gasteiger partial charge is 0.413 e. The lowest BCUT2D eigenvalue weighted by Crippen LogP contribution is -2.42. The number of carbonyl (C=O) groups excluding carboxylic acids is 1. The molecule has 0 saturated carbocycles. The number of aliphatic hydroxyl groups excluding tert-OH is 1. The van der Waals surface area contributed by atoms with Gasteiger partial charge >= 0.3 is 6.09 Å². The fourth-order valence-corrected chi connectivity index (χ4v) is 4.56. The lowest BCUT2D eigenvalue weighted by molar-refractivity contribution is 0.186. The molecule has 0 spiro atoms. The van der Waals surface area contributed by atoms with Crippen LogP contribution in [0.1, 0.15) is 43.4 Å².